The molecule has 0 saturated carbocycles. The molecule has 0 aromatic heterocycles. The van der Waals surface area contributed by atoms with Crippen molar-refractivity contribution in [2.75, 3.05) is 14.1 Å². The van der Waals surface area contributed by atoms with Gasteiger partial charge >= 0.3 is 0 Å². The van der Waals surface area contributed by atoms with Crippen molar-refractivity contribution in [1.82, 2.24) is 4.57 Å². The summed E-state index contributed by atoms with van der Waals surface area (Å²) in [5.74, 6) is 0. The third kappa shape index (κ3) is 22.4. The van der Waals surface area contributed by atoms with Crippen LogP contribution in [0.25, 0.3) is 0 Å². The molecule has 0 rings (SSSR count). The lowest BCUT2D eigenvalue weighted by Gasteiger charge is -2.24. The molecular formula is C8H24ClNSi2. The second-order valence-electron chi connectivity index (χ2n) is 5.13. The number of nitrogens with zero attached hydrogens (tertiary/aromatic N) is 1. The third-order valence-electron chi connectivity index (χ3n) is 1.34. The second-order valence-corrected chi connectivity index (χ2v) is 17.9. The lowest BCUT2D eigenvalue weighted by atomic mass is 11.3. The van der Waals surface area contributed by atoms with Crippen molar-refractivity contribution in [3.05, 3.63) is 0 Å². The lowest BCUT2D eigenvalue weighted by molar-refractivity contribution is 0.627. The summed E-state index contributed by atoms with van der Waals surface area (Å²) in [7, 11) is 2.25. The Hall–Kier alpha value is 0.684. The van der Waals surface area contributed by atoms with Crippen LogP contribution in [0.1, 0.15) is 0 Å². The summed E-state index contributed by atoms with van der Waals surface area (Å²) in [6.07, 6.45) is 0. The predicted molar refractivity (Wildman–Crippen MR) is 66.2 cm³/mol. The van der Waals surface area contributed by atoms with E-state index in [9.17, 15) is 0 Å². The Morgan fingerprint density at radius 3 is 0.917 bits per heavy atom. The van der Waals surface area contributed by atoms with E-state index in [1.807, 2.05) is 0 Å². The minimum absolute atomic E-state index is 0.901. The van der Waals surface area contributed by atoms with Crippen molar-refractivity contribution in [2.45, 2.75) is 39.3 Å². The summed E-state index contributed by atoms with van der Waals surface area (Å²) in [4.78, 5) is 0. The molecule has 0 heterocycles. The molecule has 0 N–H and O–H groups in total. The Morgan fingerprint density at radius 1 is 0.833 bits per heavy atom. The van der Waals surface area contributed by atoms with Crippen LogP contribution in [0.15, 0.2) is 0 Å². The number of rotatable bonds is 1. The summed E-state index contributed by atoms with van der Waals surface area (Å²) in [5, 5.41) is 0. The molecule has 0 unspecified atom stereocenters. The third-order valence-corrected chi connectivity index (χ3v) is 4.02. The Kier molecular flexibility index (Phi) is 6.85. The van der Waals surface area contributed by atoms with Gasteiger partial charge in [-0.1, -0.05) is 39.3 Å². The lowest BCUT2D eigenvalue weighted by Crippen LogP contribution is -2.39. The topological polar surface area (TPSA) is 3.24 Å². The molecule has 0 spiro atoms. The molecule has 12 heavy (non-hydrogen) atoms. The maximum atomic E-state index is 5.67. The van der Waals surface area contributed by atoms with E-state index in [0.29, 0.717) is 0 Å². The van der Waals surface area contributed by atoms with Crippen molar-refractivity contribution in [2.24, 2.45) is 0 Å². The van der Waals surface area contributed by atoms with Gasteiger partial charge in [0.05, 0.1) is 0 Å². The minimum Gasteiger partial charge on any atom is -0.329 e. The Labute approximate surface area is 84.9 Å². The molecule has 0 aliphatic carbocycles. The van der Waals surface area contributed by atoms with E-state index in [0.717, 1.165) is 0 Å². The van der Waals surface area contributed by atoms with Crippen LogP contribution in [0.3, 0.4) is 0 Å². The van der Waals surface area contributed by atoms with Crippen molar-refractivity contribution >= 4 is 26.7 Å². The van der Waals surface area contributed by atoms with Gasteiger partial charge in [0.15, 0.2) is 0 Å². The highest BCUT2D eigenvalue weighted by Gasteiger charge is 2.14. The van der Waals surface area contributed by atoms with Crippen molar-refractivity contribution in [3.8, 4) is 0 Å². The zero-order chi connectivity index (χ0) is 10.6. The van der Waals surface area contributed by atoms with Gasteiger partial charge in [0.1, 0.15) is 15.6 Å². The molecular weight excluding hydrogens is 202 g/mol. The fourth-order valence-corrected chi connectivity index (χ4v) is 0. The summed E-state index contributed by atoms with van der Waals surface area (Å²) in [6, 6.07) is 0. The molecule has 0 radical (unpaired) electrons. The minimum atomic E-state index is -1.14. The zero-order valence-electron chi connectivity index (χ0n) is 9.83. The van der Waals surface area contributed by atoms with Gasteiger partial charge in [-0.25, -0.2) is 0 Å². The Morgan fingerprint density at radius 2 is 0.917 bits per heavy atom. The first-order valence-electron chi connectivity index (χ1n) is 4.31. The highest BCUT2D eigenvalue weighted by molar-refractivity contribution is 7.18. The van der Waals surface area contributed by atoms with Crippen LogP contribution in [0.2, 0.25) is 39.3 Å². The molecule has 1 nitrogen and oxygen atoms in total. The molecule has 76 valence electrons. The maximum absolute atomic E-state index is 5.67. The van der Waals surface area contributed by atoms with Gasteiger partial charge in [0, 0.05) is 0 Å². The Bertz CT molecular complexity index is 107. The van der Waals surface area contributed by atoms with Gasteiger partial charge < -0.3 is 4.57 Å². The van der Waals surface area contributed by atoms with Crippen LogP contribution in [0.4, 0.5) is 0 Å². The average Bonchev–Trinajstić information content (AvgIpc) is 1.55. The fourth-order valence-electron chi connectivity index (χ4n) is 0. The summed E-state index contributed by atoms with van der Waals surface area (Å²) in [6.45, 7) is 13.3. The maximum Gasteiger partial charge on any atom is 0.147 e. The largest absolute Gasteiger partial charge is 0.329 e. The molecule has 0 atom stereocenters. The first-order valence-corrected chi connectivity index (χ1v) is 12.3. The normalized spacial score (nSPS) is 12.5. The molecule has 0 saturated heterocycles. The van der Waals surface area contributed by atoms with Gasteiger partial charge in [-0.05, 0) is 14.1 Å². The molecule has 0 amide bonds. The fraction of sp³-hybridized carbons (Fsp3) is 1.00. The average molecular weight is 226 g/mol. The number of hydrogen-bond acceptors (Lipinski definition) is 1. The van der Waals surface area contributed by atoms with E-state index >= 15 is 0 Å². The Balaban J connectivity index is 0. The number of hydrogen-bond donors (Lipinski definition) is 0. The van der Waals surface area contributed by atoms with E-state index in [-0.39, 0.29) is 0 Å². The molecule has 0 aromatic rings. The summed E-state index contributed by atoms with van der Waals surface area (Å²) < 4.78 is 2.33. The van der Waals surface area contributed by atoms with Crippen LogP contribution in [-0.4, -0.2) is 34.3 Å². The predicted octanol–water partition coefficient (Wildman–Crippen LogP) is 3.44. The van der Waals surface area contributed by atoms with Crippen molar-refractivity contribution in [3.63, 3.8) is 0 Å². The van der Waals surface area contributed by atoms with E-state index in [4.69, 9.17) is 11.1 Å². The van der Waals surface area contributed by atoms with Crippen LogP contribution >= 0.6 is 11.1 Å². The quantitative estimate of drug-likeness (QED) is 0.488. The molecule has 0 aliphatic heterocycles. The van der Waals surface area contributed by atoms with Gasteiger partial charge in [-0.2, -0.15) is 11.1 Å². The first kappa shape index (κ1) is 15.2. The van der Waals surface area contributed by atoms with Crippen LogP contribution in [-0.2, 0) is 0 Å². The molecule has 0 fully saturated rings. The molecule has 4 heteroatoms. The second kappa shape index (κ2) is 5.42. The van der Waals surface area contributed by atoms with E-state index in [1.54, 1.807) is 0 Å². The molecule has 0 aromatic carbocycles. The smallest absolute Gasteiger partial charge is 0.147 e. The van der Waals surface area contributed by atoms with Gasteiger partial charge in [0.25, 0.3) is 0 Å². The standard InChI is InChI=1S/C5H15NSi.C3H9ClSi/c1-6(2)7(3,4)5;1-5(2,3)4/h1-5H3;1-3H3. The van der Waals surface area contributed by atoms with Gasteiger partial charge in [-0.15, -0.1) is 0 Å². The van der Waals surface area contributed by atoms with E-state index in [1.165, 1.54) is 0 Å². The highest BCUT2D eigenvalue weighted by Crippen LogP contribution is 2.03. The SMILES string of the molecule is CN(C)[Si](C)(C)C.C[Si](C)(C)Cl. The molecule has 0 aliphatic rings. The van der Waals surface area contributed by atoms with Crippen LogP contribution < -0.4 is 0 Å². The molecule has 0 bridgehead atoms. The summed E-state index contributed by atoms with van der Waals surface area (Å²) >= 11 is 5.67. The van der Waals surface area contributed by atoms with E-state index < -0.39 is 15.6 Å². The van der Waals surface area contributed by atoms with Gasteiger partial charge in [-0.3, -0.25) is 0 Å². The zero-order valence-corrected chi connectivity index (χ0v) is 12.6. The van der Waals surface area contributed by atoms with Crippen LogP contribution in [0, 0.1) is 0 Å². The van der Waals surface area contributed by atoms with Crippen molar-refractivity contribution < 1.29 is 0 Å². The van der Waals surface area contributed by atoms with Crippen LogP contribution in [0.5, 0.6) is 0 Å². The van der Waals surface area contributed by atoms with Crippen molar-refractivity contribution in [1.29, 1.82) is 0 Å². The highest BCUT2D eigenvalue weighted by atomic mass is 35.6. The summed E-state index contributed by atoms with van der Waals surface area (Å²) in [5.41, 5.74) is 0. The first-order chi connectivity index (χ1) is 4.94. The van der Waals surface area contributed by atoms with Gasteiger partial charge in [0.2, 0.25) is 0 Å². The number of halogens is 1. The van der Waals surface area contributed by atoms with E-state index in [2.05, 4.69) is 57.9 Å². The monoisotopic (exact) mass is 225 g/mol.